The molecule has 1 aliphatic carbocycles. The van der Waals surface area contributed by atoms with E-state index in [-0.39, 0.29) is 29.9 Å². The highest BCUT2D eigenvalue weighted by molar-refractivity contribution is 5.78. The summed E-state index contributed by atoms with van der Waals surface area (Å²) in [7, 11) is 0. The Morgan fingerprint density at radius 1 is 1.25 bits per heavy atom. The molecular weight excluding hydrogens is 361 g/mol. The maximum atomic E-state index is 13.1. The lowest BCUT2D eigenvalue weighted by Gasteiger charge is -2.29. The van der Waals surface area contributed by atoms with Crippen molar-refractivity contribution in [2.45, 2.75) is 45.2 Å². The Hall–Kier alpha value is -3.03. The fourth-order valence-corrected chi connectivity index (χ4v) is 3.77. The van der Waals surface area contributed by atoms with Crippen LogP contribution in [0.5, 0.6) is 0 Å². The SMILES string of the molecule is CC1CCCCC1NC(=O)Cn1cnc2c(cnn2-c2ccc(F)cc2)c1=O. The average Bonchev–Trinajstić information content (AvgIpc) is 3.11. The number of carbonyl (C=O) groups is 1. The predicted molar refractivity (Wildman–Crippen MR) is 103 cm³/mol. The van der Waals surface area contributed by atoms with Crippen LogP contribution in [0.1, 0.15) is 32.6 Å². The van der Waals surface area contributed by atoms with Crippen molar-refractivity contribution in [3.05, 3.63) is 53.0 Å². The summed E-state index contributed by atoms with van der Waals surface area (Å²) in [5.41, 5.74) is 0.643. The fraction of sp³-hybridized carbons (Fsp3) is 0.400. The van der Waals surface area contributed by atoms with Gasteiger partial charge in [0.15, 0.2) is 5.65 Å². The highest BCUT2D eigenvalue weighted by Crippen LogP contribution is 2.23. The molecule has 0 aliphatic heterocycles. The molecule has 7 nitrogen and oxygen atoms in total. The third kappa shape index (κ3) is 3.54. The quantitative estimate of drug-likeness (QED) is 0.750. The van der Waals surface area contributed by atoms with Gasteiger partial charge < -0.3 is 5.32 Å². The monoisotopic (exact) mass is 383 g/mol. The van der Waals surface area contributed by atoms with E-state index < -0.39 is 0 Å². The van der Waals surface area contributed by atoms with Crippen LogP contribution in [0, 0.1) is 11.7 Å². The molecule has 2 aromatic heterocycles. The molecule has 1 aromatic carbocycles. The summed E-state index contributed by atoms with van der Waals surface area (Å²) in [6.45, 7) is 2.07. The average molecular weight is 383 g/mol. The fourth-order valence-electron chi connectivity index (χ4n) is 3.77. The van der Waals surface area contributed by atoms with E-state index in [1.165, 1.54) is 40.3 Å². The van der Waals surface area contributed by atoms with Gasteiger partial charge in [0.25, 0.3) is 5.56 Å². The molecule has 28 heavy (non-hydrogen) atoms. The molecule has 2 atom stereocenters. The summed E-state index contributed by atoms with van der Waals surface area (Å²) in [5.74, 6) is -0.0919. The smallest absolute Gasteiger partial charge is 0.264 e. The predicted octanol–water partition coefficient (Wildman–Crippen LogP) is 2.42. The van der Waals surface area contributed by atoms with Gasteiger partial charge in [0.2, 0.25) is 5.91 Å². The Morgan fingerprint density at radius 2 is 2.00 bits per heavy atom. The Labute approximate surface area is 161 Å². The van der Waals surface area contributed by atoms with Crippen molar-refractivity contribution < 1.29 is 9.18 Å². The van der Waals surface area contributed by atoms with Crippen molar-refractivity contribution in [3.63, 3.8) is 0 Å². The number of halogens is 1. The van der Waals surface area contributed by atoms with Crippen LogP contribution < -0.4 is 10.9 Å². The topological polar surface area (TPSA) is 81.8 Å². The third-order valence-corrected chi connectivity index (χ3v) is 5.40. The zero-order chi connectivity index (χ0) is 19.7. The third-order valence-electron chi connectivity index (χ3n) is 5.40. The number of aromatic nitrogens is 4. The second-order valence-corrected chi connectivity index (χ2v) is 7.38. The molecule has 3 aromatic rings. The molecule has 1 fully saturated rings. The van der Waals surface area contributed by atoms with Crippen LogP contribution in [-0.4, -0.2) is 31.3 Å². The summed E-state index contributed by atoms with van der Waals surface area (Å²) in [4.78, 5) is 29.5. The number of hydrogen-bond acceptors (Lipinski definition) is 4. The number of fused-ring (bicyclic) bond motifs is 1. The Bertz CT molecular complexity index is 1060. The normalized spacial score (nSPS) is 19.6. The van der Waals surface area contributed by atoms with Crippen molar-refractivity contribution in [3.8, 4) is 5.69 Å². The maximum absolute atomic E-state index is 13.1. The van der Waals surface area contributed by atoms with Crippen LogP contribution in [0.15, 0.2) is 41.6 Å². The molecule has 1 aliphatic rings. The minimum Gasteiger partial charge on any atom is -0.352 e. The minimum atomic E-state index is -0.353. The summed E-state index contributed by atoms with van der Waals surface area (Å²) < 4.78 is 15.9. The number of nitrogens with zero attached hydrogens (tertiary/aromatic N) is 4. The van der Waals surface area contributed by atoms with Crippen molar-refractivity contribution >= 4 is 16.9 Å². The van der Waals surface area contributed by atoms with Crippen LogP contribution in [0.3, 0.4) is 0 Å². The van der Waals surface area contributed by atoms with Gasteiger partial charge in [-0.15, -0.1) is 0 Å². The van der Waals surface area contributed by atoms with Crippen LogP contribution >= 0.6 is 0 Å². The molecule has 8 heteroatoms. The molecule has 0 spiro atoms. The van der Waals surface area contributed by atoms with Crippen LogP contribution in [0.25, 0.3) is 16.7 Å². The van der Waals surface area contributed by atoms with E-state index in [9.17, 15) is 14.0 Å². The summed E-state index contributed by atoms with van der Waals surface area (Å²) in [5, 5.41) is 7.55. The number of benzene rings is 1. The van der Waals surface area contributed by atoms with Gasteiger partial charge in [0.1, 0.15) is 24.1 Å². The molecular formula is C20H22FN5O2. The molecule has 0 bridgehead atoms. The number of nitrogens with one attached hydrogen (secondary N) is 1. The van der Waals surface area contributed by atoms with Gasteiger partial charge >= 0.3 is 0 Å². The van der Waals surface area contributed by atoms with Gasteiger partial charge in [-0.2, -0.15) is 5.10 Å². The molecule has 2 unspecified atom stereocenters. The van der Waals surface area contributed by atoms with E-state index in [1.807, 2.05) is 0 Å². The number of rotatable bonds is 4. The van der Waals surface area contributed by atoms with Gasteiger partial charge in [-0.3, -0.25) is 14.2 Å². The number of hydrogen-bond donors (Lipinski definition) is 1. The zero-order valence-corrected chi connectivity index (χ0v) is 15.6. The van der Waals surface area contributed by atoms with Crippen LogP contribution in [-0.2, 0) is 11.3 Å². The van der Waals surface area contributed by atoms with E-state index in [4.69, 9.17) is 0 Å². The van der Waals surface area contributed by atoms with Gasteiger partial charge in [0, 0.05) is 6.04 Å². The first-order valence-electron chi connectivity index (χ1n) is 9.51. The van der Waals surface area contributed by atoms with Gasteiger partial charge in [-0.05, 0) is 43.0 Å². The van der Waals surface area contributed by atoms with E-state index in [2.05, 4.69) is 22.3 Å². The number of carbonyl (C=O) groups excluding carboxylic acids is 1. The van der Waals surface area contributed by atoms with E-state index in [0.29, 0.717) is 22.6 Å². The second-order valence-electron chi connectivity index (χ2n) is 7.38. The van der Waals surface area contributed by atoms with Crippen LogP contribution in [0.2, 0.25) is 0 Å². The standard InChI is InChI=1S/C20H22FN5O2/c1-13-4-2-3-5-17(13)24-18(27)11-25-12-22-19-16(20(25)28)10-23-26(19)15-8-6-14(21)7-9-15/h6-10,12-13,17H,2-5,11H2,1H3,(H,24,27). The first-order chi connectivity index (χ1) is 13.5. The highest BCUT2D eigenvalue weighted by Gasteiger charge is 2.23. The Balaban J connectivity index is 1.56. The summed E-state index contributed by atoms with van der Waals surface area (Å²) in [6.07, 6.45) is 7.18. The van der Waals surface area contributed by atoms with Gasteiger partial charge in [-0.25, -0.2) is 14.1 Å². The van der Waals surface area contributed by atoms with Gasteiger partial charge in [0.05, 0.1) is 11.9 Å². The summed E-state index contributed by atoms with van der Waals surface area (Å²) >= 11 is 0. The summed E-state index contributed by atoms with van der Waals surface area (Å²) in [6, 6.07) is 5.93. The van der Waals surface area contributed by atoms with E-state index in [1.54, 1.807) is 12.1 Å². The molecule has 1 saturated carbocycles. The Kier molecular flexibility index (Phi) is 4.93. The minimum absolute atomic E-state index is 0.0767. The van der Waals surface area contributed by atoms with Crippen molar-refractivity contribution in [1.82, 2.24) is 24.6 Å². The first kappa shape index (κ1) is 18.3. The lowest BCUT2D eigenvalue weighted by Crippen LogP contribution is -2.43. The molecule has 1 amide bonds. The largest absolute Gasteiger partial charge is 0.352 e. The highest BCUT2D eigenvalue weighted by atomic mass is 19.1. The molecule has 1 N–H and O–H groups in total. The van der Waals surface area contributed by atoms with Crippen molar-refractivity contribution in [2.75, 3.05) is 0 Å². The molecule has 0 saturated heterocycles. The lowest BCUT2D eigenvalue weighted by atomic mass is 9.86. The molecule has 4 rings (SSSR count). The van der Waals surface area contributed by atoms with E-state index >= 15 is 0 Å². The molecule has 146 valence electrons. The van der Waals surface area contributed by atoms with E-state index in [0.717, 1.165) is 19.3 Å². The number of amides is 1. The molecule has 2 heterocycles. The van der Waals surface area contributed by atoms with Crippen molar-refractivity contribution in [2.24, 2.45) is 5.92 Å². The zero-order valence-electron chi connectivity index (χ0n) is 15.6. The first-order valence-corrected chi connectivity index (χ1v) is 9.51. The van der Waals surface area contributed by atoms with Crippen LogP contribution in [0.4, 0.5) is 4.39 Å². The molecule has 0 radical (unpaired) electrons. The Morgan fingerprint density at radius 3 is 2.75 bits per heavy atom. The van der Waals surface area contributed by atoms with Crippen molar-refractivity contribution in [1.29, 1.82) is 0 Å². The van der Waals surface area contributed by atoms with Gasteiger partial charge in [-0.1, -0.05) is 19.8 Å². The second kappa shape index (κ2) is 7.53. The lowest BCUT2D eigenvalue weighted by molar-refractivity contribution is -0.123. The maximum Gasteiger partial charge on any atom is 0.264 e.